The second-order valence-corrected chi connectivity index (χ2v) is 6.75. The smallest absolute Gasteiger partial charge is 0.278 e. The van der Waals surface area contributed by atoms with Crippen LogP contribution in [0.5, 0.6) is 0 Å². The van der Waals surface area contributed by atoms with Gasteiger partial charge in [0.05, 0.1) is 22.3 Å². The summed E-state index contributed by atoms with van der Waals surface area (Å²) < 4.78 is 7.14. The molecule has 0 radical (unpaired) electrons. The van der Waals surface area contributed by atoms with Crippen molar-refractivity contribution in [2.45, 2.75) is 26.3 Å². The van der Waals surface area contributed by atoms with E-state index in [1.807, 2.05) is 38.3 Å². The van der Waals surface area contributed by atoms with Crippen LogP contribution in [0.25, 0.3) is 10.6 Å². The van der Waals surface area contributed by atoms with Gasteiger partial charge in [-0.3, -0.25) is 9.48 Å². The summed E-state index contributed by atoms with van der Waals surface area (Å²) in [4.78, 5) is 17.3. The minimum Gasteiger partial charge on any atom is -0.442 e. The van der Waals surface area contributed by atoms with Gasteiger partial charge in [0.25, 0.3) is 5.91 Å². The highest BCUT2D eigenvalue weighted by Crippen LogP contribution is 2.28. The molecular formula is C15H16N4O2S. The Morgan fingerprint density at radius 2 is 2.23 bits per heavy atom. The molecule has 0 fully saturated rings. The maximum absolute atomic E-state index is 12.4. The van der Waals surface area contributed by atoms with Crippen LogP contribution in [0.15, 0.2) is 40.7 Å². The first-order chi connectivity index (χ1) is 10.4. The number of aromatic nitrogens is 3. The molecule has 3 heterocycles. The molecule has 3 aromatic rings. The Bertz CT molecular complexity index is 781. The zero-order valence-electron chi connectivity index (χ0n) is 12.5. The zero-order valence-corrected chi connectivity index (χ0v) is 13.3. The second-order valence-electron chi connectivity index (χ2n) is 5.81. The lowest BCUT2D eigenvalue weighted by Crippen LogP contribution is -2.22. The van der Waals surface area contributed by atoms with E-state index in [1.54, 1.807) is 17.1 Å². The van der Waals surface area contributed by atoms with E-state index in [-0.39, 0.29) is 17.1 Å². The van der Waals surface area contributed by atoms with Crippen LogP contribution >= 0.6 is 11.3 Å². The maximum atomic E-state index is 12.4. The van der Waals surface area contributed by atoms with Crippen LogP contribution in [0.4, 0.5) is 5.69 Å². The molecule has 0 aliphatic heterocycles. The molecule has 0 unspecified atom stereocenters. The van der Waals surface area contributed by atoms with Gasteiger partial charge in [-0.05, 0) is 32.2 Å². The fourth-order valence-corrected chi connectivity index (χ4v) is 2.65. The van der Waals surface area contributed by atoms with Crippen molar-refractivity contribution < 1.29 is 9.21 Å². The lowest BCUT2D eigenvalue weighted by molar-refractivity contribution is 0.102. The Labute approximate surface area is 131 Å². The minimum absolute atomic E-state index is 0.140. The predicted octanol–water partition coefficient (Wildman–Crippen LogP) is 3.61. The molecule has 0 saturated heterocycles. The highest BCUT2D eigenvalue weighted by Gasteiger charge is 2.20. The summed E-state index contributed by atoms with van der Waals surface area (Å²) in [7, 11) is 0. The normalized spacial score (nSPS) is 11.6. The van der Waals surface area contributed by atoms with Crippen LogP contribution in [-0.2, 0) is 5.54 Å². The van der Waals surface area contributed by atoms with E-state index in [9.17, 15) is 4.79 Å². The molecule has 22 heavy (non-hydrogen) atoms. The number of hydrogen-bond donors (Lipinski definition) is 1. The van der Waals surface area contributed by atoms with Crippen molar-refractivity contribution in [1.82, 2.24) is 14.8 Å². The van der Waals surface area contributed by atoms with Crippen LogP contribution < -0.4 is 5.32 Å². The van der Waals surface area contributed by atoms with E-state index in [0.29, 0.717) is 11.4 Å². The van der Waals surface area contributed by atoms with Crippen molar-refractivity contribution in [3.8, 4) is 10.6 Å². The predicted molar refractivity (Wildman–Crippen MR) is 85.0 cm³/mol. The quantitative estimate of drug-likeness (QED) is 0.801. The topological polar surface area (TPSA) is 73.0 Å². The van der Waals surface area contributed by atoms with Gasteiger partial charge in [0.2, 0.25) is 0 Å². The van der Waals surface area contributed by atoms with Gasteiger partial charge in [-0.1, -0.05) is 6.07 Å². The number of amides is 1. The van der Waals surface area contributed by atoms with Crippen LogP contribution in [0.2, 0.25) is 0 Å². The molecule has 0 spiro atoms. The van der Waals surface area contributed by atoms with Gasteiger partial charge in [-0.15, -0.1) is 11.3 Å². The molecular weight excluding hydrogens is 300 g/mol. The van der Waals surface area contributed by atoms with E-state index in [4.69, 9.17) is 4.42 Å². The molecule has 6 nitrogen and oxygen atoms in total. The van der Waals surface area contributed by atoms with E-state index in [0.717, 1.165) is 4.88 Å². The zero-order chi connectivity index (χ0) is 15.7. The highest BCUT2D eigenvalue weighted by molar-refractivity contribution is 7.13. The summed E-state index contributed by atoms with van der Waals surface area (Å²) in [6, 6.07) is 3.79. The lowest BCUT2D eigenvalue weighted by atomic mass is 10.1. The number of carbonyl (C=O) groups is 1. The number of nitrogens with zero attached hydrogens (tertiary/aromatic N) is 3. The van der Waals surface area contributed by atoms with Gasteiger partial charge in [0.15, 0.2) is 17.8 Å². The SMILES string of the molecule is CC(C)(C)n1cc(NC(=O)c2ncoc2-c2cccs2)cn1. The Balaban J connectivity index is 1.81. The molecule has 0 saturated carbocycles. The average Bonchev–Trinajstić information content (AvgIpc) is 3.18. The second kappa shape index (κ2) is 5.42. The molecule has 1 amide bonds. The lowest BCUT2D eigenvalue weighted by Gasteiger charge is -2.18. The largest absolute Gasteiger partial charge is 0.442 e. The monoisotopic (exact) mass is 316 g/mol. The minimum atomic E-state index is -0.314. The van der Waals surface area contributed by atoms with Crippen molar-refractivity contribution in [1.29, 1.82) is 0 Å². The van der Waals surface area contributed by atoms with Crippen molar-refractivity contribution in [3.05, 3.63) is 42.0 Å². The van der Waals surface area contributed by atoms with Crippen molar-refractivity contribution in [3.63, 3.8) is 0 Å². The summed E-state index contributed by atoms with van der Waals surface area (Å²) in [5.41, 5.74) is 0.755. The molecule has 114 valence electrons. The van der Waals surface area contributed by atoms with Crippen LogP contribution in [0, 0.1) is 0 Å². The summed E-state index contributed by atoms with van der Waals surface area (Å²) in [5, 5.41) is 8.98. The third kappa shape index (κ3) is 2.80. The van der Waals surface area contributed by atoms with Gasteiger partial charge in [0.1, 0.15) is 0 Å². The van der Waals surface area contributed by atoms with Crippen LogP contribution in [0.1, 0.15) is 31.3 Å². The molecule has 3 rings (SSSR count). The number of thiophene rings is 1. The van der Waals surface area contributed by atoms with Gasteiger partial charge in [-0.25, -0.2) is 4.98 Å². The molecule has 0 aromatic carbocycles. The third-order valence-corrected chi connectivity index (χ3v) is 3.92. The first-order valence-corrected chi connectivity index (χ1v) is 7.67. The molecule has 0 bridgehead atoms. The fourth-order valence-electron chi connectivity index (χ4n) is 1.93. The van der Waals surface area contributed by atoms with Gasteiger partial charge in [-0.2, -0.15) is 5.10 Å². The van der Waals surface area contributed by atoms with E-state index in [1.165, 1.54) is 17.7 Å². The molecule has 0 aliphatic carbocycles. The average molecular weight is 316 g/mol. The number of nitrogens with one attached hydrogen (secondary N) is 1. The highest BCUT2D eigenvalue weighted by atomic mass is 32.1. The van der Waals surface area contributed by atoms with Crippen molar-refractivity contribution >= 4 is 22.9 Å². The number of anilines is 1. The first kappa shape index (κ1) is 14.5. The molecule has 7 heteroatoms. The van der Waals surface area contributed by atoms with Crippen LogP contribution in [0.3, 0.4) is 0 Å². The molecule has 1 N–H and O–H groups in total. The standard InChI is InChI=1S/C15H16N4O2S/c1-15(2,3)19-8-10(7-17-19)18-14(20)12-13(21-9-16-12)11-5-4-6-22-11/h4-9H,1-3H3,(H,18,20). The van der Waals surface area contributed by atoms with E-state index >= 15 is 0 Å². The number of oxazole rings is 1. The first-order valence-electron chi connectivity index (χ1n) is 6.79. The molecule has 3 aromatic heterocycles. The van der Waals surface area contributed by atoms with Crippen LogP contribution in [-0.4, -0.2) is 20.7 Å². The number of carbonyl (C=O) groups excluding carboxylic acids is 1. The summed E-state index contributed by atoms with van der Waals surface area (Å²) in [5.74, 6) is 0.168. The van der Waals surface area contributed by atoms with E-state index in [2.05, 4.69) is 15.4 Å². The maximum Gasteiger partial charge on any atom is 0.278 e. The third-order valence-electron chi connectivity index (χ3n) is 3.06. The Morgan fingerprint density at radius 1 is 1.41 bits per heavy atom. The summed E-state index contributed by atoms with van der Waals surface area (Å²) >= 11 is 1.50. The number of hydrogen-bond acceptors (Lipinski definition) is 5. The van der Waals surface area contributed by atoms with Gasteiger partial charge < -0.3 is 9.73 Å². The Morgan fingerprint density at radius 3 is 2.86 bits per heavy atom. The summed E-state index contributed by atoms with van der Waals surface area (Å²) in [6.07, 6.45) is 4.69. The van der Waals surface area contributed by atoms with Gasteiger partial charge in [0, 0.05) is 6.20 Å². The van der Waals surface area contributed by atoms with Gasteiger partial charge >= 0.3 is 0 Å². The fraction of sp³-hybridized carbons (Fsp3) is 0.267. The Hall–Kier alpha value is -2.41. The Kier molecular flexibility index (Phi) is 3.58. The number of rotatable bonds is 3. The van der Waals surface area contributed by atoms with E-state index < -0.39 is 0 Å². The van der Waals surface area contributed by atoms with Crippen molar-refractivity contribution in [2.75, 3.05) is 5.32 Å². The molecule has 0 atom stereocenters. The summed E-state index contributed by atoms with van der Waals surface area (Å²) in [6.45, 7) is 6.12. The molecule has 0 aliphatic rings. The van der Waals surface area contributed by atoms with Crippen molar-refractivity contribution in [2.24, 2.45) is 0 Å².